The van der Waals surface area contributed by atoms with E-state index in [9.17, 15) is 4.79 Å². The van der Waals surface area contributed by atoms with Crippen LogP contribution in [0.4, 0.5) is 0 Å². The molecule has 2 aromatic rings. The Hall–Kier alpha value is -2.25. The van der Waals surface area contributed by atoms with Crippen LogP contribution in [-0.4, -0.2) is 53.9 Å². The SMILES string of the molecule is COc1ccc(OC)c(CN(C(=O)c2ccn(C3CCCNC3)n2)C2CC2)c1.Cl. The minimum Gasteiger partial charge on any atom is -0.497 e. The molecule has 1 unspecified atom stereocenters. The normalized spacial score (nSPS) is 18.6. The summed E-state index contributed by atoms with van der Waals surface area (Å²) in [6.45, 7) is 2.45. The highest BCUT2D eigenvalue weighted by atomic mass is 35.5. The van der Waals surface area contributed by atoms with Crippen LogP contribution in [0.25, 0.3) is 0 Å². The van der Waals surface area contributed by atoms with Gasteiger partial charge in [0.25, 0.3) is 5.91 Å². The van der Waals surface area contributed by atoms with Crippen molar-refractivity contribution >= 4 is 18.3 Å². The molecular weight excluding hydrogens is 392 g/mol. The maximum Gasteiger partial charge on any atom is 0.274 e. The van der Waals surface area contributed by atoms with Gasteiger partial charge in [0.2, 0.25) is 0 Å². The molecule has 1 aromatic heterocycles. The molecule has 4 rings (SSSR count). The number of nitrogens with one attached hydrogen (secondary N) is 1. The first kappa shape index (κ1) is 21.5. The van der Waals surface area contributed by atoms with Gasteiger partial charge in [-0.2, -0.15) is 5.10 Å². The Morgan fingerprint density at radius 3 is 2.72 bits per heavy atom. The quantitative estimate of drug-likeness (QED) is 0.745. The lowest BCUT2D eigenvalue weighted by Crippen LogP contribution is -2.34. The zero-order chi connectivity index (χ0) is 19.5. The van der Waals surface area contributed by atoms with Gasteiger partial charge >= 0.3 is 0 Å². The third kappa shape index (κ3) is 4.85. The number of halogens is 1. The van der Waals surface area contributed by atoms with Crippen molar-refractivity contribution in [1.29, 1.82) is 0 Å². The van der Waals surface area contributed by atoms with Crippen LogP contribution in [0.3, 0.4) is 0 Å². The molecular formula is C21H29ClN4O3. The highest BCUT2D eigenvalue weighted by Gasteiger charge is 2.34. The molecule has 2 fully saturated rings. The fourth-order valence-electron chi connectivity index (χ4n) is 3.80. The Bertz CT molecular complexity index is 831. The molecule has 29 heavy (non-hydrogen) atoms. The van der Waals surface area contributed by atoms with Gasteiger partial charge in [-0.25, -0.2) is 0 Å². The van der Waals surface area contributed by atoms with E-state index in [0.717, 1.165) is 55.8 Å². The van der Waals surface area contributed by atoms with Crippen molar-refractivity contribution in [1.82, 2.24) is 20.0 Å². The van der Waals surface area contributed by atoms with Crippen molar-refractivity contribution in [3.63, 3.8) is 0 Å². The molecule has 158 valence electrons. The second-order valence-corrected chi connectivity index (χ2v) is 7.52. The van der Waals surface area contributed by atoms with Crippen LogP contribution in [0.2, 0.25) is 0 Å². The predicted octanol–water partition coefficient (Wildman–Crippen LogP) is 3.05. The van der Waals surface area contributed by atoms with E-state index in [1.165, 1.54) is 0 Å². The number of methoxy groups -OCH3 is 2. The van der Waals surface area contributed by atoms with Gasteiger partial charge in [-0.3, -0.25) is 9.48 Å². The number of hydrogen-bond acceptors (Lipinski definition) is 5. The molecule has 1 aromatic carbocycles. The zero-order valence-electron chi connectivity index (χ0n) is 17.0. The first-order valence-electron chi connectivity index (χ1n) is 9.97. The molecule has 1 N–H and O–H groups in total. The molecule has 1 atom stereocenters. The first-order valence-corrected chi connectivity index (χ1v) is 9.97. The van der Waals surface area contributed by atoms with E-state index in [-0.39, 0.29) is 24.4 Å². The number of carbonyl (C=O) groups excluding carboxylic acids is 1. The molecule has 1 aliphatic carbocycles. The highest BCUT2D eigenvalue weighted by Crippen LogP contribution is 2.33. The van der Waals surface area contributed by atoms with Gasteiger partial charge in [0.1, 0.15) is 17.2 Å². The van der Waals surface area contributed by atoms with Crippen LogP contribution in [0, 0.1) is 0 Å². The van der Waals surface area contributed by atoms with Crippen molar-refractivity contribution in [2.45, 2.75) is 44.3 Å². The molecule has 1 saturated heterocycles. The number of hydrogen-bond donors (Lipinski definition) is 1. The van der Waals surface area contributed by atoms with Crippen LogP contribution < -0.4 is 14.8 Å². The molecule has 0 spiro atoms. The van der Waals surface area contributed by atoms with Crippen molar-refractivity contribution in [2.24, 2.45) is 0 Å². The van der Waals surface area contributed by atoms with Gasteiger partial charge in [-0.05, 0) is 56.5 Å². The topological polar surface area (TPSA) is 68.6 Å². The van der Waals surface area contributed by atoms with E-state index in [2.05, 4.69) is 10.4 Å². The third-order valence-corrected chi connectivity index (χ3v) is 5.55. The summed E-state index contributed by atoms with van der Waals surface area (Å²) in [5.41, 5.74) is 1.46. The number of carbonyl (C=O) groups is 1. The van der Waals surface area contributed by atoms with Gasteiger partial charge in [0.05, 0.1) is 26.8 Å². The molecule has 8 heteroatoms. The predicted molar refractivity (Wildman–Crippen MR) is 113 cm³/mol. The van der Waals surface area contributed by atoms with Crippen LogP contribution >= 0.6 is 12.4 Å². The average molecular weight is 421 g/mol. The molecule has 1 aliphatic heterocycles. The number of nitrogens with zero attached hydrogens (tertiary/aromatic N) is 3. The summed E-state index contributed by atoms with van der Waals surface area (Å²) < 4.78 is 12.8. The Balaban J connectivity index is 0.00000240. The average Bonchev–Trinajstić information content (AvgIpc) is 3.47. The highest BCUT2D eigenvalue weighted by molar-refractivity contribution is 5.92. The molecule has 0 radical (unpaired) electrons. The first-order chi connectivity index (χ1) is 13.7. The summed E-state index contributed by atoms with van der Waals surface area (Å²) in [5, 5.41) is 8.01. The number of ether oxygens (including phenoxy) is 2. The lowest BCUT2D eigenvalue weighted by molar-refractivity contribution is 0.0721. The van der Waals surface area contributed by atoms with Crippen molar-refractivity contribution < 1.29 is 14.3 Å². The summed E-state index contributed by atoms with van der Waals surface area (Å²) in [6, 6.07) is 8.12. The number of piperidine rings is 1. The number of aromatic nitrogens is 2. The lowest BCUT2D eigenvalue weighted by Gasteiger charge is -2.24. The van der Waals surface area contributed by atoms with Crippen LogP contribution in [0.5, 0.6) is 11.5 Å². The van der Waals surface area contributed by atoms with Crippen molar-refractivity contribution in [3.8, 4) is 11.5 Å². The summed E-state index contributed by atoms with van der Waals surface area (Å²) >= 11 is 0. The summed E-state index contributed by atoms with van der Waals surface area (Å²) in [4.78, 5) is 15.2. The van der Waals surface area contributed by atoms with Gasteiger partial charge in [-0.15, -0.1) is 12.4 Å². The van der Waals surface area contributed by atoms with Gasteiger partial charge in [-0.1, -0.05) is 0 Å². The maximum absolute atomic E-state index is 13.2. The molecule has 0 bridgehead atoms. The van der Waals surface area contributed by atoms with Crippen molar-refractivity contribution in [3.05, 3.63) is 41.7 Å². The number of rotatable bonds is 7. The van der Waals surface area contributed by atoms with Crippen LogP contribution in [0.15, 0.2) is 30.5 Å². The van der Waals surface area contributed by atoms with Gasteiger partial charge < -0.3 is 19.7 Å². The van der Waals surface area contributed by atoms with E-state index in [4.69, 9.17) is 9.47 Å². The molecule has 1 amide bonds. The summed E-state index contributed by atoms with van der Waals surface area (Å²) in [5.74, 6) is 1.50. The molecule has 1 saturated carbocycles. The monoisotopic (exact) mass is 420 g/mol. The van der Waals surface area contributed by atoms with Crippen LogP contribution in [-0.2, 0) is 6.54 Å². The van der Waals surface area contributed by atoms with Crippen LogP contribution in [0.1, 0.15) is 47.8 Å². The maximum atomic E-state index is 13.2. The number of amides is 1. The summed E-state index contributed by atoms with van der Waals surface area (Å²) in [7, 11) is 3.29. The molecule has 7 nitrogen and oxygen atoms in total. The number of benzene rings is 1. The largest absolute Gasteiger partial charge is 0.497 e. The lowest BCUT2D eigenvalue weighted by atomic mass is 10.1. The Labute approximate surface area is 177 Å². The molecule has 2 aliphatic rings. The standard InChI is InChI=1S/C21H28N4O3.ClH/c1-27-18-7-8-20(28-2)15(12-18)14-24(16-5-6-16)21(26)19-9-11-25(23-19)17-4-3-10-22-13-17;/h7-9,11-12,16-17,22H,3-6,10,13-14H2,1-2H3;1H. The summed E-state index contributed by atoms with van der Waals surface area (Å²) in [6.07, 6.45) is 6.23. The fraction of sp³-hybridized carbons (Fsp3) is 0.524. The Kier molecular flexibility index (Phi) is 7.03. The van der Waals surface area contributed by atoms with E-state index in [1.54, 1.807) is 14.2 Å². The minimum atomic E-state index is -0.0186. The van der Waals surface area contributed by atoms with E-state index >= 15 is 0 Å². The third-order valence-electron chi connectivity index (χ3n) is 5.55. The fourth-order valence-corrected chi connectivity index (χ4v) is 3.80. The van der Waals surface area contributed by atoms with E-state index in [1.807, 2.05) is 40.0 Å². The Morgan fingerprint density at radius 2 is 2.07 bits per heavy atom. The minimum absolute atomic E-state index is 0. The van der Waals surface area contributed by atoms with Gasteiger partial charge in [0.15, 0.2) is 0 Å². The Morgan fingerprint density at radius 1 is 1.24 bits per heavy atom. The van der Waals surface area contributed by atoms with E-state index in [0.29, 0.717) is 18.3 Å². The van der Waals surface area contributed by atoms with Crippen molar-refractivity contribution in [2.75, 3.05) is 27.3 Å². The van der Waals surface area contributed by atoms with E-state index < -0.39 is 0 Å². The van der Waals surface area contributed by atoms with Gasteiger partial charge in [0, 0.05) is 24.3 Å². The molecule has 2 heterocycles. The zero-order valence-corrected chi connectivity index (χ0v) is 17.8. The smallest absolute Gasteiger partial charge is 0.274 e. The second kappa shape index (κ2) is 9.50. The second-order valence-electron chi connectivity index (χ2n) is 7.52.